The van der Waals surface area contributed by atoms with Gasteiger partial charge in [0, 0.05) is 17.5 Å². The Morgan fingerprint density at radius 2 is 1.80 bits per heavy atom. The highest BCUT2D eigenvalue weighted by molar-refractivity contribution is 5.77. The van der Waals surface area contributed by atoms with E-state index in [1.807, 2.05) is 31.2 Å². The molecule has 4 nitrogen and oxygen atoms in total. The van der Waals surface area contributed by atoms with Gasteiger partial charge in [-0.1, -0.05) is 23.8 Å². The molecule has 0 atom stereocenters. The van der Waals surface area contributed by atoms with Gasteiger partial charge in [-0.25, -0.2) is 0 Å². The predicted molar refractivity (Wildman–Crippen MR) is 99.1 cm³/mol. The van der Waals surface area contributed by atoms with E-state index < -0.39 is 0 Å². The standard InChI is InChI=1S/C21H24O4/c1-4-6-18-13-17(15-22)14-20(23-3)21(18)25-12-5-11-24-19-9-7-16(2)8-10-19/h4,7-10,13-15H,1,5-6,11-12H2,2-3H3. The van der Waals surface area contributed by atoms with Crippen molar-refractivity contribution in [1.29, 1.82) is 0 Å². The maximum atomic E-state index is 11.1. The van der Waals surface area contributed by atoms with Crippen LogP contribution in [0.25, 0.3) is 0 Å². The van der Waals surface area contributed by atoms with Crippen LogP contribution < -0.4 is 14.2 Å². The molecule has 0 fully saturated rings. The Hall–Kier alpha value is -2.75. The molecule has 25 heavy (non-hydrogen) atoms. The summed E-state index contributed by atoms with van der Waals surface area (Å²) in [6, 6.07) is 11.4. The lowest BCUT2D eigenvalue weighted by Crippen LogP contribution is -2.07. The molecule has 2 rings (SSSR count). The first-order valence-electron chi connectivity index (χ1n) is 8.27. The quantitative estimate of drug-likeness (QED) is 0.365. The van der Waals surface area contributed by atoms with E-state index >= 15 is 0 Å². The van der Waals surface area contributed by atoms with Gasteiger partial charge < -0.3 is 14.2 Å². The van der Waals surface area contributed by atoms with Crippen LogP contribution in [0.3, 0.4) is 0 Å². The normalized spacial score (nSPS) is 10.2. The average Bonchev–Trinajstić information content (AvgIpc) is 2.63. The van der Waals surface area contributed by atoms with E-state index in [1.165, 1.54) is 5.56 Å². The number of aldehydes is 1. The predicted octanol–water partition coefficient (Wildman–Crippen LogP) is 4.39. The fourth-order valence-corrected chi connectivity index (χ4v) is 2.43. The van der Waals surface area contributed by atoms with Crippen molar-refractivity contribution in [3.8, 4) is 17.2 Å². The van der Waals surface area contributed by atoms with E-state index in [-0.39, 0.29) is 0 Å². The molecule has 4 heteroatoms. The summed E-state index contributed by atoms with van der Waals surface area (Å²) in [6.07, 6.45) is 3.91. The second-order valence-corrected chi connectivity index (χ2v) is 5.69. The van der Waals surface area contributed by atoms with Gasteiger partial charge in [0.05, 0.1) is 20.3 Å². The third-order valence-corrected chi connectivity index (χ3v) is 3.70. The molecule has 0 saturated heterocycles. The molecular formula is C21H24O4. The van der Waals surface area contributed by atoms with Crippen molar-refractivity contribution in [2.45, 2.75) is 19.8 Å². The van der Waals surface area contributed by atoms with Crippen molar-refractivity contribution in [3.05, 3.63) is 65.7 Å². The first-order valence-corrected chi connectivity index (χ1v) is 8.27. The minimum atomic E-state index is 0.493. The van der Waals surface area contributed by atoms with Crippen LogP contribution in [0.15, 0.2) is 49.1 Å². The van der Waals surface area contributed by atoms with Gasteiger partial charge in [0.1, 0.15) is 12.0 Å². The fourth-order valence-electron chi connectivity index (χ4n) is 2.43. The third-order valence-electron chi connectivity index (χ3n) is 3.70. The van der Waals surface area contributed by atoms with Crippen molar-refractivity contribution in [1.82, 2.24) is 0 Å². The Labute approximate surface area is 149 Å². The number of carbonyl (C=O) groups is 1. The van der Waals surface area contributed by atoms with Crippen LogP contribution in [0.5, 0.6) is 17.2 Å². The van der Waals surface area contributed by atoms with Crippen molar-refractivity contribution >= 4 is 6.29 Å². The highest BCUT2D eigenvalue weighted by atomic mass is 16.5. The Bertz CT molecular complexity index is 705. The summed E-state index contributed by atoms with van der Waals surface area (Å²) in [5.74, 6) is 2.06. The highest BCUT2D eigenvalue weighted by Crippen LogP contribution is 2.33. The van der Waals surface area contributed by atoms with Crippen molar-refractivity contribution in [2.75, 3.05) is 20.3 Å². The Kier molecular flexibility index (Phi) is 7.08. The molecule has 0 heterocycles. The number of hydrogen-bond acceptors (Lipinski definition) is 4. The molecule has 0 aliphatic carbocycles. The van der Waals surface area contributed by atoms with Crippen LogP contribution in [0.4, 0.5) is 0 Å². The van der Waals surface area contributed by atoms with Crippen molar-refractivity contribution in [3.63, 3.8) is 0 Å². The van der Waals surface area contributed by atoms with Gasteiger partial charge in [0.15, 0.2) is 11.5 Å². The summed E-state index contributed by atoms with van der Waals surface area (Å²) in [4.78, 5) is 11.1. The lowest BCUT2D eigenvalue weighted by atomic mass is 10.1. The van der Waals surface area contributed by atoms with Crippen molar-refractivity contribution in [2.24, 2.45) is 0 Å². The molecule has 0 aliphatic heterocycles. The Morgan fingerprint density at radius 1 is 1.08 bits per heavy atom. The zero-order chi connectivity index (χ0) is 18.1. The van der Waals surface area contributed by atoms with E-state index in [9.17, 15) is 4.79 Å². The maximum absolute atomic E-state index is 11.1. The molecule has 0 amide bonds. The van der Waals surface area contributed by atoms with Crippen LogP contribution in [0.1, 0.15) is 27.9 Å². The molecule has 0 radical (unpaired) electrons. The Balaban J connectivity index is 1.93. The maximum Gasteiger partial charge on any atom is 0.164 e. The number of hydrogen-bond donors (Lipinski definition) is 0. The van der Waals surface area contributed by atoms with Crippen molar-refractivity contribution < 1.29 is 19.0 Å². The van der Waals surface area contributed by atoms with E-state index in [0.29, 0.717) is 36.7 Å². The van der Waals surface area contributed by atoms with Gasteiger partial charge in [-0.15, -0.1) is 6.58 Å². The van der Waals surface area contributed by atoms with Crippen LogP contribution in [-0.4, -0.2) is 26.6 Å². The molecule has 0 spiro atoms. The first-order chi connectivity index (χ1) is 12.2. The van der Waals surface area contributed by atoms with Gasteiger partial charge in [-0.3, -0.25) is 4.79 Å². The number of benzene rings is 2. The number of methoxy groups -OCH3 is 1. The zero-order valence-electron chi connectivity index (χ0n) is 14.8. The number of allylic oxidation sites excluding steroid dienone is 1. The summed E-state index contributed by atoms with van der Waals surface area (Å²) in [6.45, 7) is 6.85. The lowest BCUT2D eigenvalue weighted by Gasteiger charge is -2.15. The summed E-state index contributed by atoms with van der Waals surface area (Å²) in [5, 5.41) is 0. The molecule has 2 aromatic rings. The van der Waals surface area contributed by atoms with E-state index in [4.69, 9.17) is 14.2 Å². The van der Waals surface area contributed by atoms with E-state index in [0.717, 1.165) is 24.0 Å². The molecule has 2 aromatic carbocycles. The summed E-state index contributed by atoms with van der Waals surface area (Å²) < 4.78 is 17.0. The topological polar surface area (TPSA) is 44.8 Å². The molecule has 0 aromatic heterocycles. The van der Waals surface area contributed by atoms with E-state index in [2.05, 4.69) is 6.58 Å². The van der Waals surface area contributed by atoms with Crippen LogP contribution in [0, 0.1) is 6.92 Å². The Morgan fingerprint density at radius 3 is 2.44 bits per heavy atom. The van der Waals surface area contributed by atoms with Gasteiger partial charge in [-0.2, -0.15) is 0 Å². The SMILES string of the molecule is C=CCc1cc(C=O)cc(OC)c1OCCCOc1ccc(C)cc1. The molecule has 0 bridgehead atoms. The molecule has 0 aliphatic rings. The average molecular weight is 340 g/mol. The van der Waals surface area contributed by atoms with Gasteiger partial charge in [0.25, 0.3) is 0 Å². The number of aryl methyl sites for hydroxylation is 1. The first kappa shape index (κ1) is 18.6. The number of carbonyl (C=O) groups excluding carboxylic acids is 1. The fraction of sp³-hybridized carbons (Fsp3) is 0.286. The second kappa shape index (κ2) is 9.52. The van der Waals surface area contributed by atoms with Crippen LogP contribution >= 0.6 is 0 Å². The molecule has 0 saturated carbocycles. The van der Waals surface area contributed by atoms with Crippen LogP contribution in [-0.2, 0) is 6.42 Å². The van der Waals surface area contributed by atoms with Gasteiger partial charge in [-0.05, 0) is 37.6 Å². The van der Waals surface area contributed by atoms with E-state index in [1.54, 1.807) is 25.3 Å². The molecular weight excluding hydrogens is 316 g/mol. The molecule has 0 unspecified atom stereocenters. The largest absolute Gasteiger partial charge is 0.493 e. The zero-order valence-corrected chi connectivity index (χ0v) is 14.8. The lowest BCUT2D eigenvalue weighted by molar-refractivity contribution is 0.112. The number of rotatable bonds is 10. The number of ether oxygens (including phenoxy) is 3. The minimum Gasteiger partial charge on any atom is -0.493 e. The monoisotopic (exact) mass is 340 g/mol. The molecule has 132 valence electrons. The summed E-state index contributed by atoms with van der Waals surface area (Å²) in [5.41, 5.74) is 2.65. The smallest absolute Gasteiger partial charge is 0.164 e. The highest BCUT2D eigenvalue weighted by Gasteiger charge is 2.12. The molecule has 0 N–H and O–H groups in total. The third kappa shape index (κ3) is 5.38. The van der Waals surface area contributed by atoms with Gasteiger partial charge >= 0.3 is 0 Å². The van der Waals surface area contributed by atoms with Crippen LogP contribution in [0.2, 0.25) is 0 Å². The second-order valence-electron chi connectivity index (χ2n) is 5.69. The summed E-state index contributed by atoms with van der Waals surface area (Å²) >= 11 is 0. The summed E-state index contributed by atoms with van der Waals surface area (Å²) in [7, 11) is 1.56. The van der Waals surface area contributed by atoms with Gasteiger partial charge in [0.2, 0.25) is 0 Å². The minimum absolute atomic E-state index is 0.493.